The van der Waals surface area contributed by atoms with E-state index in [0.717, 1.165) is 0 Å². The number of hydrogen-bond acceptors (Lipinski definition) is 6. The summed E-state index contributed by atoms with van der Waals surface area (Å²) in [5.74, 6) is 0.000556. The van der Waals surface area contributed by atoms with Crippen molar-refractivity contribution in [2.75, 3.05) is 26.6 Å². The molecule has 120 valence electrons. The highest BCUT2D eigenvalue weighted by atomic mass is 16.5. The number of methoxy groups -OCH3 is 3. The van der Waals surface area contributed by atoms with Gasteiger partial charge in [-0.25, -0.2) is 9.78 Å². The van der Waals surface area contributed by atoms with Crippen LogP contribution in [0.25, 0.3) is 0 Å². The molecular formula is C16H16N2O5. The maximum absolute atomic E-state index is 12.3. The maximum atomic E-state index is 12.3. The number of hydrogen-bond donors (Lipinski definition) is 1. The maximum Gasteiger partial charge on any atom is 0.356 e. The molecule has 2 aromatic rings. The van der Waals surface area contributed by atoms with Gasteiger partial charge >= 0.3 is 5.97 Å². The minimum absolute atomic E-state index is 0.0587. The summed E-state index contributed by atoms with van der Waals surface area (Å²) in [6.45, 7) is 0. The van der Waals surface area contributed by atoms with Gasteiger partial charge in [0.1, 0.15) is 22.9 Å². The van der Waals surface area contributed by atoms with Gasteiger partial charge in [-0.15, -0.1) is 0 Å². The molecule has 0 spiro atoms. The smallest absolute Gasteiger partial charge is 0.356 e. The lowest BCUT2D eigenvalue weighted by Crippen LogP contribution is -2.16. The van der Waals surface area contributed by atoms with Crippen LogP contribution in [0.2, 0.25) is 0 Å². The van der Waals surface area contributed by atoms with Gasteiger partial charge in [0.25, 0.3) is 5.91 Å². The minimum atomic E-state index is -0.609. The highest BCUT2D eigenvalue weighted by molar-refractivity contribution is 6.03. The molecule has 7 nitrogen and oxygen atoms in total. The fourth-order valence-corrected chi connectivity index (χ4v) is 1.85. The molecule has 1 aromatic carbocycles. The average molecular weight is 316 g/mol. The van der Waals surface area contributed by atoms with E-state index in [1.165, 1.54) is 33.5 Å². The van der Waals surface area contributed by atoms with Crippen molar-refractivity contribution < 1.29 is 23.8 Å². The summed E-state index contributed by atoms with van der Waals surface area (Å²) < 4.78 is 14.9. The van der Waals surface area contributed by atoms with Crippen molar-refractivity contribution in [2.45, 2.75) is 0 Å². The van der Waals surface area contributed by atoms with Gasteiger partial charge < -0.3 is 19.5 Å². The summed E-state index contributed by atoms with van der Waals surface area (Å²) >= 11 is 0. The van der Waals surface area contributed by atoms with E-state index in [9.17, 15) is 9.59 Å². The standard InChI is InChI=1S/C16H16N2O5/c1-21-11-7-10(8-12(9-11)22-2)17-15(19)13-5-4-6-14(18-13)16(20)23-3/h4-9H,1-3H3,(H,17,19). The van der Waals surface area contributed by atoms with Crippen LogP contribution in [-0.2, 0) is 4.74 Å². The zero-order chi connectivity index (χ0) is 16.8. The van der Waals surface area contributed by atoms with E-state index in [4.69, 9.17) is 9.47 Å². The van der Waals surface area contributed by atoms with Crippen molar-refractivity contribution >= 4 is 17.6 Å². The van der Waals surface area contributed by atoms with Crippen LogP contribution in [0.3, 0.4) is 0 Å². The number of carbonyl (C=O) groups is 2. The SMILES string of the molecule is COC(=O)c1cccc(C(=O)Nc2cc(OC)cc(OC)c2)n1. The first-order valence-electron chi connectivity index (χ1n) is 6.67. The summed E-state index contributed by atoms with van der Waals surface area (Å²) in [7, 11) is 4.28. The summed E-state index contributed by atoms with van der Waals surface area (Å²) in [5, 5.41) is 2.68. The number of aromatic nitrogens is 1. The van der Waals surface area contributed by atoms with Crippen LogP contribution in [0.5, 0.6) is 11.5 Å². The van der Waals surface area contributed by atoms with E-state index in [2.05, 4.69) is 15.0 Å². The molecule has 1 N–H and O–H groups in total. The van der Waals surface area contributed by atoms with Gasteiger partial charge in [-0.1, -0.05) is 6.07 Å². The van der Waals surface area contributed by atoms with Crippen LogP contribution < -0.4 is 14.8 Å². The van der Waals surface area contributed by atoms with E-state index in [0.29, 0.717) is 17.2 Å². The van der Waals surface area contributed by atoms with Gasteiger partial charge in [0, 0.05) is 23.9 Å². The number of carbonyl (C=O) groups excluding carboxylic acids is 2. The lowest BCUT2D eigenvalue weighted by atomic mass is 10.2. The minimum Gasteiger partial charge on any atom is -0.497 e. The highest BCUT2D eigenvalue weighted by Gasteiger charge is 2.13. The van der Waals surface area contributed by atoms with Gasteiger partial charge in [-0.05, 0) is 12.1 Å². The van der Waals surface area contributed by atoms with Gasteiger partial charge in [-0.2, -0.15) is 0 Å². The number of nitrogens with zero attached hydrogens (tertiary/aromatic N) is 1. The van der Waals surface area contributed by atoms with Crippen LogP contribution in [0.1, 0.15) is 21.0 Å². The number of rotatable bonds is 5. The molecule has 2 rings (SSSR count). The highest BCUT2D eigenvalue weighted by Crippen LogP contribution is 2.26. The van der Waals surface area contributed by atoms with E-state index in [1.807, 2.05) is 0 Å². The topological polar surface area (TPSA) is 86.8 Å². The Balaban J connectivity index is 2.24. The van der Waals surface area contributed by atoms with E-state index < -0.39 is 11.9 Å². The van der Waals surface area contributed by atoms with Crippen molar-refractivity contribution in [1.29, 1.82) is 0 Å². The van der Waals surface area contributed by atoms with Crippen LogP contribution in [-0.4, -0.2) is 38.2 Å². The number of benzene rings is 1. The van der Waals surface area contributed by atoms with Crippen LogP contribution in [0, 0.1) is 0 Å². The van der Waals surface area contributed by atoms with Crippen molar-refractivity contribution in [2.24, 2.45) is 0 Å². The lowest BCUT2D eigenvalue weighted by molar-refractivity contribution is 0.0594. The van der Waals surface area contributed by atoms with E-state index >= 15 is 0 Å². The quantitative estimate of drug-likeness (QED) is 0.850. The molecule has 1 amide bonds. The van der Waals surface area contributed by atoms with Crippen LogP contribution >= 0.6 is 0 Å². The molecule has 0 bridgehead atoms. The van der Waals surface area contributed by atoms with Gasteiger partial charge in [-0.3, -0.25) is 4.79 Å². The Kier molecular flexibility index (Phi) is 5.14. The molecule has 0 unspecified atom stereocenters. The molecule has 1 aromatic heterocycles. The molecule has 7 heteroatoms. The number of nitrogens with one attached hydrogen (secondary N) is 1. The first-order chi connectivity index (χ1) is 11.1. The van der Waals surface area contributed by atoms with Crippen molar-refractivity contribution in [3.63, 3.8) is 0 Å². The number of esters is 1. The molecule has 0 aliphatic heterocycles. The number of anilines is 1. The third-order valence-electron chi connectivity index (χ3n) is 2.99. The second-order valence-electron chi connectivity index (χ2n) is 4.46. The average Bonchev–Trinajstić information content (AvgIpc) is 2.60. The molecular weight excluding hydrogens is 300 g/mol. The number of amides is 1. The first kappa shape index (κ1) is 16.3. The van der Waals surface area contributed by atoms with Crippen LogP contribution in [0.4, 0.5) is 5.69 Å². The Morgan fingerprint density at radius 1 is 0.957 bits per heavy atom. The monoisotopic (exact) mass is 316 g/mol. The molecule has 0 aliphatic rings. The molecule has 0 saturated carbocycles. The Labute approximate surface area is 133 Å². The van der Waals surface area contributed by atoms with E-state index in [1.54, 1.807) is 24.3 Å². The molecule has 0 fully saturated rings. The third-order valence-corrected chi connectivity index (χ3v) is 2.99. The normalized spacial score (nSPS) is 9.87. The Bertz CT molecular complexity index is 708. The lowest BCUT2D eigenvalue weighted by Gasteiger charge is -2.10. The predicted molar refractivity (Wildman–Crippen MR) is 83.1 cm³/mol. The molecule has 0 saturated heterocycles. The fraction of sp³-hybridized carbons (Fsp3) is 0.188. The second kappa shape index (κ2) is 7.26. The second-order valence-corrected chi connectivity index (χ2v) is 4.46. The molecule has 1 heterocycles. The summed E-state index contributed by atoms with van der Waals surface area (Å²) in [5.41, 5.74) is 0.634. The van der Waals surface area contributed by atoms with Crippen LogP contribution in [0.15, 0.2) is 36.4 Å². The van der Waals surface area contributed by atoms with Gasteiger partial charge in [0.05, 0.1) is 21.3 Å². The Morgan fingerprint density at radius 2 is 1.57 bits per heavy atom. The zero-order valence-corrected chi connectivity index (χ0v) is 13.0. The summed E-state index contributed by atoms with van der Waals surface area (Å²) in [6.07, 6.45) is 0. The fourth-order valence-electron chi connectivity index (χ4n) is 1.85. The Hall–Kier alpha value is -3.09. The summed E-state index contributed by atoms with van der Waals surface area (Å²) in [4.78, 5) is 27.7. The number of ether oxygens (including phenoxy) is 3. The molecule has 0 aliphatic carbocycles. The third kappa shape index (κ3) is 3.97. The zero-order valence-electron chi connectivity index (χ0n) is 13.0. The molecule has 0 atom stereocenters. The molecule has 0 radical (unpaired) electrons. The summed E-state index contributed by atoms with van der Waals surface area (Å²) in [6, 6.07) is 9.50. The predicted octanol–water partition coefficient (Wildman–Crippen LogP) is 2.14. The van der Waals surface area contributed by atoms with Crippen molar-refractivity contribution in [3.05, 3.63) is 47.8 Å². The van der Waals surface area contributed by atoms with Gasteiger partial charge in [0.15, 0.2) is 0 Å². The molecule has 23 heavy (non-hydrogen) atoms. The first-order valence-corrected chi connectivity index (χ1v) is 6.67. The number of pyridine rings is 1. The Morgan fingerprint density at radius 3 is 2.13 bits per heavy atom. The largest absolute Gasteiger partial charge is 0.497 e. The van der Waals surface area contributed by atoms with E-state index in [-0.39, 0.29) is 11.4 Å². The van der Waals surface area contributed by atoms with Crippen molar-refractivity contribution in [1.82, 2.24) is 4.98 Å². The van der Waals surface area contributed by atoms with Crippen molar-refractivity contribution in [3.8, 4) is 11.5 Å². The van der Waals surface area contributed by atoms with Gasteiger partial charge in [0.2, 0.25) is 0 Å².